The second-order valence-corrected chi connectivity index (χ2v) is 8.18. The number of amides is 1. The van der Waals surface area contributed by atoms with Crippen LogP contribution in [0.2, 0.25) is 5.02 Å². The minimum atomic E-state index is -0.631. The highest BCUT2D eigenvalue weighted by atomic mass is 35.5. The summed E-state index contributed by atoms with van der Waals surface area (Å²) in [6.07, 6.45) is -0.774. The normalized spacial score (nSPS) is 11.5. The standard InChI is InChI=1S/C27H22ClN3O3/c1-17-25(30-27(32)33-18(2)23-5-3-4-6-24(23)28)26(34-31-17)22-13-11-21(12-14-22)20-9-7-19(8-10-20)15-16-29/h3-14,18H,15H2,1-2H3,(H,30,32). The molecule has 4 rings (SSSR count). The Balaban J connectivity index is 1.49. The number of aromatic nitrogens is 1. The molecule has 3 aromatic carbocycles. The number of carbonyl (C=O) groups excluding carboxylic acids is 1. The van der Waals surface area contributed by atoms with Crippen molar-refractivity contribution in [1.29, 1.82) is 5.26 Å². The SMILES string of the molecule is Cc1noc(-c2ccc(-c3ccc(CC#N)cc3)cc2)c1NC(=O)OC(C)c1ccccc1Cl. The Kier molecular flexibility index (Phi) is 6.95. The van der Waals surface area contributed by atoms with Crippen molar-refractivity contribution >= 4 is 23.4 Å². The third-order valence-electron chi connectivity index (χ3n) is 5.43. The van der Waals surface area contributed by atoms with Crippen molar-refractivity contribution in [3.8, 4) is 28.5 Å². The highest BCUT2D eigenvalue weighted by Gasteiger charge is 2.20. The molecule has 170 valence electrons. The molecule has 4 aromatic rings. The predicted molar refractivity (Wildman–Crippen MR) is 131 cm³/mol. The molecule has 0 saturated carbocycles. The molecule has 0 saturated heterocycles. The summed E-state index contributed by atoms with van der Waals surface area (Å²) in [5.41, 5.74) is 5.51. The van der Waals surface area contributed by atoms with Crippen LogP contribution in [-0.4, -0.2) is 11.2 Å². The summed E-state index contributed by atoms with van der Waals surface area (Å²) in [5.74, 6) is 0.441. The third kappa shape index (κ3) is 5.11. The van der Waals surface area contributed by atoms with Gasteiger partial charge in [-0.25, -0.2) is 4.79 Å². The summed E-state index contributed by atoms with van der Waals surface area (Å²) in [5, 5.41) is 16.1. The van der Waals surface area contributed by atoms with E-state index in [2.05, 4.69) is 16.5 Å². The average molecular weight is 472 g/mol. The van der Waals surface area contributed by atoms with Crippen LogP contribution in [0.3, 0.4) is 0 Å². The minimum Gasteiger partial charge on any atom is -0.441 e. The lowest BCUT2D eigenvalue weighted by molar-refractivity contribution is 0.121. The molecule has 0 spiro atoms. The summed E-state index contributed by atoms with van der Waals surface area (Å²) >= 11 is 6.21. The minimum absolute atomic E-state index is 0.388. The number of nitrogens with zero attached hydrogens (tertiary/aromatic N) is 2. The van der Waals surface area contributed by atoms with Gasteiger partial charge >= 0.3 is 6.09 Å². The van der Waals surface area contributed by atoms with Crippen molar-refractivity contribution in [1.82, 2.24) is 5.16 Å². The third-order valence-corrected chi connectivity index (χ3v) is 5.78. The fourth-order valence-electron chi connectivity index (χ4n) is 3.59. The second kappa shape index (κ2) is 10.2. The molecule has 1 N–H and O–H groups in total. The van der Waals surface area contributed by atoms with Gasteiger partial charge in [0.1, 0.15) is 17.5 Å². The lowest BCUT2D eigenvalue weighted by Crippen LogP contribution is -2.17. The maximum atomic E-state index is 12.6. The number of benzene rings is 3. The Bertz CT molecular complexity index is 1340. The molecule has 1 heterocycles. The molecule has 1 amide bonds. The first-order valence-corrected chi connectivity index (χ1v) is 11.1. The van der Waals surface area contributed by atoms with E-state index in [0.717, 1.165) is 27.8 Å². The molecule has 0 aliphatic rings. The summed E-state index contributed by atoms with van der Waals surface area (Å²) < 4.78 is 11.0. The quantitative estimate of drug-likeness (QED) is 0.317. The van der Waals surface area contributed by atoms with Crippen LogP contribution in [0.1, 0.15) is 29.8 Å². The van der Waals surface area contributed by atoms with Crippen molar-refractivity contribution in [3.63, 3.8) is 0 Å². The van der Waals surface area contributed by atoms with Gasteiger partial charge in [-0.05, 0) is 36.6 Å². The van der Waals surface area contributed by atoms with Gasteiger partial charge in [0.25, 0.3) is 0 Å². The van der Waals surface area contributed by atoms with E-state index in [-0.39, 0.29) is 0 Å². The first kappa shape index (κ1) is 23.1. The van der Waals surface area contributed by atoms with E-state index in [1.807, 2.05) is 66.7 Å². The molecule has 1 unspecified atom stereocenters. The van der Waals surface area contributed by atoms with Gasteiger partial charge in [-0.15, -0.1) is 0 Å². The summed E-state index contributed by atoms with van der Waals surface area (Å²) in [4.78, 5) is 12.6. The van der Waals surface area contributed by atoms with Crippen LogP contribution in [0.25, 0.3) is 22.5 Å². The second-order valence-electron chi connectivity index (χ2n) is 7.78. The van der Waals surface area contributed by atoms with Gasteiger partial charge in [-0.3, -0.25) is 5.32 Å². The van der Waals surface area contributed by atoms with Crippen molar-refractivity contribution < 1.29 is 14.1 Å². The topological polar surface area (TPSA) is 88.2 Å². The molecule has 7 heteroatoms. The average Bonchev–Trinajstić information content (AvgIpc) is 3.20. The van der Waals surface area contributed by atoms with Crippen LogP contribution in [0.4, 0.5) is 10.5 Å². The van der Waals surface area contributed by atoms with Gasteiger partial charge in [0, 0.05) is 16.1 Å². The van der Waals surface area contributed by atoms with E-state index < -0.39 is 12.2 Å². The molecule has 0 aliphatic heterocycles. The Labute approximate surface area is 202 Å². The smallest absolute Gasteiger partial charge is 0.412 e. The highest BCUT2D eigenvalue weighted by molar-refractivity contribution is 6.31. The van der Waals surface area contributed by atoms with Crippen LogP contribution in [0.15, 0.2) is 77.3 Å². The number of hydrogen-bond donors (Lipinski definition) is 1. The van der Waals surface area contributed by atoms with Crippen molar-refractivity contribution in [2.75, 3.05) is 5.32 Å². The zero-order chi connectivity index (χ0) is 24.1. The fraction of sp³-hybridized carbons (Fsp3) is 0.148. The molecule has 0 radical (unpaired) electrons. The van der Waals surface area contributed by atoms with Gasteiger partial charge < -0.3 is 9.26 Å². The number of nitriles is 1. The first-order chi connectivity index (χ1) is 16.5. The molecule has 34 heavy (non-hydrogen) atoms. The van der Waals surface area contributed by atoms with Crippen LogP contribution < -0.4 is 5.32 Å². The molecular formula is C27H22ClN3O3. The maximum Gasteiger partial charge on any atom is 0.412 e. The van der Waals surface area contributed by atoms with Crippen molar-refractivity contribution in [3.05, 3.63) is 94.6 Å². The van der Waals surface area contributed by atoms with Crippen LogP contribution in [0, 0.1) is 18.3 Å². The zero-order valence-electron chi connectivity index (χ0n) is 18.7. The highest BCUT2D eigenvalue weighted by Crippen LogP contribution is 2.33. The summed E-state index contributed by atoms with van der Waals surface area (Å²) in [6.45, 7) is 3.50. The largest absolute Gasteiger partial charge is 0.441 e. The lowest BCUT2D eigenvalue weighted by Gasteiger charge is -2.15. The summed E-state index contributed by atoms with van der Waals surface area (Å²) in [7, 11) is 0. The first-order valence-electron chi connectivity index (χ1n) is 10.7. The van der Waals surface area contributed by atoms with E-state index in [0.29, 0.717) is 28.6 Å². The molecule has 0 bridgehead atoms. The Morgan fingerprint density at radius 3 is 2.32 bits per heavy atom. The van der Waals surface area contributed by atoms with Crippen LogP contribution >= 0.6 is 11.6 Å². The van der Waals surface area contributed by atoms with Gasteiger partial charge in [0.2, 0.25) is 0 Å². The van der Waals surface area contributed by atoms with Gasteiger partial charge in [-0.1, -0.05) is 83.5 Å². The van der Waals surface area contributed by atoms with E-state index in [1.54, 1.807) is 19.9 Å². The Morgan fingerprint density at radius 1 is 1.06 bits per heavy atom. The van der Waals surface area contributed by atoms with E-state index in [4.69, 9.17) is 26.1 Å². The number of hydrogen-bond acceptors (Lipinski definition) is 5. The van der Waals surface area contributed by atoms with Gasteiger partial charge in [0.15, 0.2) is 5.76 Å². The molecular weight excluding hydrogens is 450 g/mol. The van der Waals surface area contributed by atoms with E-state index in [1.165, 1.54) is 0 Å². The van der Waals surface area contributed by atoms with Crippen LogP contribution in [-0.2, 0) is 11.2 Å². The lowest BCUT2D eigenvalue weighted by atomic mass is 10.0. The van der Waals surface area contributed by atoms with Crippen molar-refractivity contribution in [2.45, 2.75) is 26.4 Å². The molecule has 6 nitrogen and oxygen atoms in total. The molecule has 0 aliphatic carbocycles. The predicted octanol–water partition coefficient (Wildman–Crippen LogP) is 7.35. The molecule has 0 fully saturated rings. The van der Waals surface area contributed by atoms with Gasteiger partial charge in [-0.2, -0.15) is 5.26 Å². The number of carbonyl (C=O) groups is 1. The fourth-order valence-corrected chi connectivity index (χ4v) is 3.88. The number of aryl methyl sites for hydroxylation is 1. The van der Waals surface area contributed by atoms with E-state index >= 15 is 0 Å². The number of nitrogens with one attached hydrogen (secondary N) is 1. The maximum absolute atomic E-state index is 12.6. The number of rotatable bonds is 6. The molecule has 1 atom stereocenters. The Hall–Kier alpha value is -4.08. The van der Waals surface area contributed by atoms with Gasteiger partial charge in [0.05, 0.1) is 12.5 Å². The Morgan fingerprint density at radius 2 is 1.68 bits per heavy atom. The van der Waals surface area contributed by atoms with Crippen molar-refractivity contribution in [2.24, 2.45) is 0 Å². The van der Waals surface area contributed by atoms with E-state index in [9.17, 15) is 4.79 Å². The monoisotopic (exact) mass is 471 g/mol. The zero-order valence-corrected chi connectivity index (χ0v) is 19.5. The number of anilines is 1. The van der Waals surface area contributed by atoms with Crippen LogP contribution in [0.5, 0.6) is 0 Å². The molecule has 1 aromatic heterocycles. The number of ether oxygens (including phenoxy) is 1. The number of halogens is 1. The summed E-state index contributed by atoms with van der Waals surface area (Å²) in [6, 6.07) is 25.0.